The van der Waals surface area contributed by atoms with Crippen LogP contribution in [0.3, 0.4) is 0 Å². The molecule has 0 saturated heterocycles. The van der Waals surface area contributed by atoms with E-state index < -0.39 is 0 Å². The average molecular weight is 316 g/mol. The van der Waals surface area contributed by atoms with Crippen LogP contribution in [-0.4, -0.2) is 48.2 Å². The van der Waals surface area contributed by atoms with Crippen molar-refractivity contribution in [3.63, 3.8) is 0 Å². The van der Waals surface area contributed by atoms with Crippen molar-refractivity contribution in [1.82, 2.24) is 9.80 Å². The normalized spacial score (nSPS) is 12.0. The number of aromatic hydroxyl groups is 2. The molecule has 0 aliphatic rings. The standard InChI is InChI=1S/C10H15NO.C9H13NO/c1-8(11(2)3)9-6-4-5-7-10(9)12;1-10(2)7-8-5-3-4-6-9(8)11/h4-8,12H,1-3H3;3-6,11H,7H2,1-2H3. The highest BCUT2D eigenvalue weighted by Crippen LogP contribution is 2.25. The third-order valence-corrected chi connectivity index (χ3v) is 3.64. The summed E-state index contributed by atoms with van der Waals surface area (Å²) in [5.74, 6) is 0.750. The fourth-order valence-corrected chi connectivity index (χ4v) is 2.10. The number of phenolic OH excluding ortho intramolecular Hbond substituents is 2. The van der Waals surface area contributed by atoms with Crippen LogP contribution < -0.4 is 0 Å². The number of hydrogen-bond acceptors (Lipinski definition) is 4. The SMILES string of the molecule is CC(c1ccccc1O)N(C)C.CN(C)Cc1ccccc1O. The van der Waals surface area contributed by atoms with Crippen molar-refractivity contribution in [2.24, 2.45) is 0 Å². The molecule has 0 bridgehead atoms. The highest BCUT2D eigenvalue weighted by molar-refractivity contribution is 5.34. The van der Waals surface area contributed by atoms with E-state index in [-0.39, 0.29) is 6.04 Å². The van der Waals surface area contributed by atoms with Gasteiger partial charge in [-0.05, 0) is 47.2 Å². The third kappa shape index (κ3) is 6.30. The van der Waals surface area contributed by atoms with Crippen molar-refractivity contribution in [2.75, 3.05) is 28.2 Å². The maximum absolute atomic E-state index is 9.50. The highest BCUT2D eigenvalue weighted by atomic mass is 16.3. The molecule has 0 aliphatic heterocycles. The fourth-order valence-electron chi connectivity index (χ4n) is 2.10. The van der Waals surface area contributed by atoms with Gasteiger partial charge in [-0.15, -0.1) is 0 Å². The van der Waals surface area contributed by atoms with Crippen LogP contribution in [0.15, 0.2) is 48.5 Å². The van der Waals surface area contributed by atoms with Gasteiger partial charge in [-0.25, -0.2) is 0 Å². The molecule has 23 heavy (non-hydrogen) atoms. The van der Waals surface area contributed by atoms with Crippen molar-refractivity contribution in [1.29, 1.82) is 0 Å². The summed E-state index contributed by atoms with van der Waals surface area (Å²) in [6, 6.07) is 15.1. The van der Waals surface area contributed by atoms with Crippen LogP contribution in [0.2, 0.25) is 0 Å². The summed E-state index contributed by atoms with van der Waals surface area (Å²) >= 11 is 0. The van der Waals surface area contributed by atoms with E-state index in [0.717, 1.165) is 17.7 Å². The maximum Gasteiger partial charge on any atom is 0.120 e. The van der Waals surface area contributed by atoms with Gasteiger partial charge in [-0.2, -0.15) is 0 Å². The molecular weight excluding hydrogens is 288 g/mol. The number of para-hydroxylation sites is 2. The Kier molecular flexibility index (Phi) is 7.59. The second-order valence-corrected chi connectivity index (χ2v) is 6.06. The van der Waals surface area contributed by atoms with Crippen LogP contribution in [0, 0.1) is 0 Å². The minimum absolute atomic E-state index is 0.256. The van der Waals surface area contributed by atoms with E-state index in [0.29, 0.717) is 11.5 Å². The van der Waals surface area contributed by atoms with Gasteiger partial charge in [-0.3, -0.25) is 0 Å². The molecule has 2 N–H and O–H groups in total. The van der Waals surface area contributed by atoms with Crippen LogP contribution >= 0.6 is 0 Å². The molecule has 0 amide bonds. The summed E-state index contributed by atoms with van der Waals surface area (Å²) in [6.07, 6.45) is 0. The molecule has 0 aliphatic carbocycles. The summed E-state index contributed by atoms with van der Waals surface area (Å²) < 4.78 is 0. The lowest BCUT2D eigenvalue weighted by atomic mass is 10.1. The first kappa shape index (κ1) is 19.0. The molecule has 126 valence electrons. The van der Waals surface area contributed by atoms with Gasteiger partial charge in [0.2, 0.25) is 0 Å². The van der Waals surface area contributed by atoms with Crippen LogP contribution in [0.4, 0.5) is 0 Å². The fraction of sp³-hybridized carbons (Fsp3) is 0.368. The summed E-state index contributed by atoms with van der Waals surface area (Å²) in [5, 5.41) is 18.8. The Morgan fingerprint density at radius 2 is 1.35 bits per heavy atom. The van der Waals surface area contributed by atoms with E-state index in [4.69, 9.17) is 0 Å². The van der Waals surface area contributed by atoms with E-state index in [2.05, 4.69) is 11.8 Å². The predicted molar refractivity (Wildman–Crippen MR) is 95.7 cm³/mol. The average Bonchev–Trinajstić information content (AvgIpc) is 2.49. The molecule has 4 nitrogen and oxygen atoms in total. The Balaban J connectivity index is 0.000000231. The molecule has 1 unspecified atom stereocenters. The molecule has 2 rings (SSSR count). The second-order valence-electron chi connectivity index (χ2n) is 6.06. The zero-order chi connectivity index (χ0) is 17.4. The molecule has 2 aromatic carbocycles. The van der Waals surface area contributed by atoms with Crippen LogP contribution in [0.25, 0.3) is 0 Å². The maximum atomic E-state index is 9.50. The van der Waals surface area contributed by atoms with Gasteiger partial charge < -0.3 is 20.0 Å². The first-order valence-electron chi connectivity index (χ1n) is 7.68. The first-order valence-corrected chi connectivity index (χ1v) is 7.68. The molecule has 2 aromatic rings. The number of benzene rings is 2. The van der Waals surface area contributed by atoms with Gasteiger partial charge in [0.25, 0.3) is 0 Å². The van der Waals surface area contributed by atoms with Gasteiger partial charge in [0, 0.05) is 23.7 Å². The molecule has 0 fully saturated rings. The highest BCUT2D eigenvalue weighted by Gasteiger charge is 2.10. The zero-order valence-electron chi connectivity index (χ0n) is 14.7. The summed E-state index contributed by atoms with van der Waals surface area (Å²) in [4.78, 5) is 4.09. The van der Waals surface area contributed by atoms with Crippen molar-refractivity contribution in [3.05, 3.63) is 59.7 Å². The van der Waals surface area contributed by atoms with Gasteiger partial charge in [0.1, 0.15) is 11.5 Å². The van der Waals surface area contributed by atoms with Crippen molar-refractivity contribution >= 4 is 0 Å². The van der Waals surface area contributed by atoms with E-state index in [1.165, 1.54) is 0 Å². The van der Waals surface area contributed by atoms with E-state index in [1.54, 1.807) is 12.1 Å². The van der Waals surface area contributed by atoms with Gasteiger partial charge in [0.15, 0.2) is 0 Å². The lowest BCUT2D eigenvalue weighted by Gasteiger charge is -2.20. The minimum Gasteiger partial charge on any atom is -0.508 e. The van der Waals surface area contributed by atoms with E-state index in [9.17, 15) is 10.2 Å². The van der Waals surface area contributed by atoms with E-state index in [1.807, 2.05) is 69.5 Å². The van der Waals surface area contributed by atoms with Gasteiger partial charge >= 0.3 is 0 Å². The molecular formula is C19H28N2O2. The lowest BCUT2D eigenvalue weighted by molar-refractivity contribution is 0.312. The van der Waals surface area contributed by atoms with Crippen LogP contribution in [0.5, 0.6) is 11.5 Å². The molecule has 0 spiro atoms. The Labute approximate surface area is 139 Å². The molecule has 1 atom stereocenters. The number of phenols is 2. The number of rotatable bonds is 4. The molecule has 0 radical (unpaired) electrons. The summed E-state index contributed by atoms with van der Waals surface area (Å²) in [6.45, 7) is 2.85. The van der Waals surface area contributed by atoms with Crippen LogP contribution in [0.1, 0.15) is 24.1 Å². The Morgan fingerprint density at radius 3 is 1.83 bits per heavy atom. The third-order valence-electron chi connectivity index (χ3n) is 3.64. The van der Waals surface area contributed by atoms with Crippen molar-refractivity contribution < 1.29 is 10.2 Å². The molecule has 0 aromatic heterocycles. The summed E-state index contributed by atoms with van der Waals surface area (Å²) in [5.41, 5.74) is 1.94. The Morgan fingerprint density at radius 1 is 0.826 bits per heavy atom. The molecule has 0 heterocycles. The smallest absolute Gasteiger partial charge is 0.120 e. The van der Waals surface area contributed by atoms with Crippen molar-refractivity contribution in [3.8, 4) is 11.5 Å². The Bertz CT molecular complexity index is 597. The van der Waals surface area contributed by atoms with Gasteiger partial charge in [-0.1, -0.05) is 36.4 Å². The summed E-state index contributed by atoms with van der Waals surface area (Å²) in [7, 11) is 7.95. The largest absolute Gasteiger partial charge is 0.508 e. The predicted octanol–water partition coefficient (Wildman–Crippen LogP) is 3.47. The number of hydrogen-bond donors (Lipinski definition) is 2. The first-order chi connectivity index (χ1) is 10.8. The minimum atomic E-state index is 0.256. The second kappa shape index (κ2) is 9.18. The molecule has 4 heteroatoms. The Hall–Kier alpha value is -2.04. The van der Waals surface area contributed by atoms with Crippen molar-refractivity contribution in [2.45, 2.75) is 19.5 Å². The topological polar surface area (TPSA) is 46.9 Å². The van der Waals surface area contributed by atoms with Gasteiger partial charge in [0.05, 0.1) is 0 Å². The monoisotopic (exact) mass is 316 g/mol. The van der Waals surface area contributed by atoms with Crippen LogP contribution in [-0.2, 0) is 6.54 Å². The quantitative estimate of drug-likeness (QED) is 0.907. The molecule has 0 saturated carbocycles. The zero-order valence-corrected chi connectivity index (χ0v) is 14.7. The lowest BCUT2D eigenvalue weighted by Crippen LogP contribution is -2.16. The van der Waals surface area contributed by atoms with E-state index >= 15 is 0 Å². The number of nitrogens with zero attached hydrogens (tertiary/aromatic N) is 2.